The maximum absolute atomic E-state index is 11.5. The molecule has 33 heavy (non-hydrogen) atoms. The van der Waals surface area contributed by atoms with Crippen molar-refractivity contribution in [1.82, 2.24) is 0 Å². The van der Waals surface area contributed by atoms with Crippen LogP contribution < -0.4 is 0 Å². The molecule has 0 aromatic heterocycles. The Hall–Kier alpha value is -3.44. The maximum atomic E-state index is 11.5. The molecule has 0 heterocycles. The van der Waals surface area contributed by atoms with E-state index >= 15 is 0 Å². The third-order valence-corrected chi connectivity index (χ3v) is 6.32. The normalized spacial score (nSPS) is 11.9. The molecule has 0 saturated heterocycles. The van der Waals surface area contributed by atoms with Crippen LogP contribution in [0.25, 0.3) is 35.4 Å². The van der Waals surface area contributed by atoms with Gasteiger partial charge in [0.15, 0.2) is 0 Å². The molecule has 4 aromatic rings. The van der Waals surface area contributed by atoms with E-state index in [2.05, 4.69) is 30.3 Å². The average molecular weight is 473 g/mol. The minimum atomic E-state index is -4.27. The largest absolute Gasteiger partial charge is 0.295 e. The second kappa shape index (κ2) is 10.0. The number of rotatable bonds is 6. The minimum absolute atomic E-state index is 0.108. The van der Waals surface area contributed by atoms with Crippen molar-refractivity contribution in [2.75, 3.05) is 0 Å². The molecule has 0 radical (unpaired) electrons. The van der Waals surface area contributed by atoms with Crippen molar-refractivity contribution >= 4 is 46.0 Å². The molecule has 4 aromatic carbocycles. The lowest BCUT2D eigenvalue weighted by molar-refractivity contribution is 0.483. The van der Waals surface area contributed by atoms with Crippen LogP contribution in [0.2, 0.25) is 5.02 Å². The SMILES string of the molecule is O=S(=O)(O)c1ccccc1C=Cc1ccc(-c2ccc(C=Cc3ccc(Cl)cc3)cc2)cc1. The van der Waals surface area contributed by atoms with Crippen molar-refractivity contribution in [3.8, 4) is 11.1 Å². The van der Waals surface area contributed by atoms with Gasteiger partial charge in [-0.05, 0) is 51.6 Å². The van der Waals surface area contributed by atoms with Crippen molar-refractivity contribution in [2.45, 2.75) is 4.90 Å². The average Bonchev–Trinajstić information content (AvgIpc) is 2.83. The molecule has 0 aliphatic rings. The van der Waals surface area contributed by atoms with Crippen molar-refractivity contribution in [2.24, 2.45) is 0 Å². The molecule has 0 atom stereocenters. The summed E-state index contributed by atoms with van der Waals surface area (Å²) in [5, 5.41) is 0.723. The van der Waals surface area contributed by atoms with Gasteiger partial charge < -0.3 is 0 Å². The molecule has 164 valence electrons. The van der Waals surface area contributed by atoms with E-state index in [0.29, 0.717) is 5.56 Å². The molecule has 0 aliphatic heterocycles. The Bertz CT molecular complexity index is 1400. The van der Waals surface area contributed by atoms with E-state index < -0.39 is 10.1 Å². The number of hydrogen-bond donors (Lipinski definition) is 1. The van der Waals surface area contributed by atoms with Crippen LogP contribution in [-0.4, -0.2) is 13.0 Å². The van der Waals surface area contributed by atoms with Crippen molar-refractivity contribution in [3.63, 3.8) is 0 Å². The summed E-state index contributed by atoms with van der Waals surface area (Å²) in [6, 6.07) is 30.3. The second-order valence-electron chi connectivity index (χ2n) is 7.48. The summed E-state index contributed by atoms with van der Waals surface area (Å²) >= 11 is 5.92. The Morgan fingerprint density at radius 2 is 1.00 bits per heavy atom. The lowest BCUT2D eigenvalue weighted by Crippen LogP contribution is -2.00. The van der Waals surface area contributed by atoms with E-state index in [1.54, 1.807) is 24.3 Å². The highest BCUT2D eigenvalue weighted by Crippen LogP contribution is 2.23. The van der Waals surface area contributed by atoms with Crippen molar-refractivity contribution < 1.29 is 13.0 Å². The highest BCUT2D eigenvalue weighted by atomic mass is 35.5. The first kappa shape index (κ1) is 22.7. The predicted octanol–water partition coefficient (Wildman–Crippen LogP) is 7.59. The van der Waals surface area contributed by atoms with Gasteiger partial charge in [-0.1, -0.05) is 115 Å². The van der Waals surface area contributed by atoms with E-state index in [4.69, 9.17) is 11.6 Å². The van der Waals surface area contributed by atoms with Gasteiger partial charge in [-0.15, -0.1) is 0 Å². The second-order valence-corrected chi connectivity index (χ2v) is 9.30. The van der Waals surface area contributed by atoms with Crippen LogP contribution in [0, 0.1) is 0 Å². The van der Waals surface area contributed by atoms with Crippen LogP contribution in [0.1, 0.15) is 22.3 Å². The topological polar surface area (TPSA) is 54.4 Å². The fourth-order valence-electron chi connectivity index (χ4n) is 3.38. The predicted molar refractivity (Wildman–Crippen MR) is 137 cm³/mol. The van der Waals surface area contributed by atoms with Gasteiger partial charge in [-0.2, -0.15) is 8.42 Å². The standard InChI is InChI=1S/C28H21ClO3S/c29-27-19-12-22(13-20-27)6-5-21-7-14-24(15-8-21)25-16-9-23(10-17-25)11-18-26-3-1-2-4-28(26)33(30,31)32/h1-20H,(H,30,31,32). The quantitative estimate of drug-likeness (QED) is 0.232. The lowest BCUT2D eigenvalue weighted by atomic mass is 10.0. The molecule has 5 heteroatoms. The molecule has 3 nitrogen and oxygen atoms in total. The van der Waals surface area contributed by atoms with Gasteiger partial charge >= 0.3 is 0 Å². The minimum Gasteiger partial charge on any atom is -0.282 e. The summed E-state index contributed by atoms with van der Waals surface area (Å²) < 4.78 is 32.4. The maximum Gasteiger partial charge on any atom is 0.295 e. The number of benzene rings is 4. The molecular weight excluding hydrogens is 452 g/mol. The third-order valence-electron chi connectivity index (χ3n) is 5.15. The monoisotopic (exact) mass is 472 g/mol. The van der Waals surface area contributed by atoms with Crippen molar-refractivity contribution in [1.29, 1.82) is 0 Å². The zero-order valence-corrected chi connectivity index (χ0v) is 19.2. The van der Waals surface area contributed by atoms with E-state index in [1.165, 1.54) is 6.07 Å². The highest BCUT2D eigenvalue weighted by Gasteiger charge is 2.12. The van der Waals surface area contributed by atoms with Gasteiger partial charge in [0, 0.05) is 5.02 Å². The number of hydrogen-bond acceptors (Lipinski definition) is 2. The first-order valence-electron chi connectivity index (χ1n) is 10.3. The highest BCUT2D eigenvalue weighted by molar-refractivity contribution is 7.85. The van der Waals surface area contributed by atoms with Gasteiger partial charge in [0.2, 0.25) is 0 Å². The third kappa shape index (κ3) is 6.08. The van der Waals surface area contributed by atoms with E-state index in [-0.39, 0.29) is 4.90 Å². The first-order chi connectivity index (χ1) is 15.9. The molecule has 0 unspecified atom stereocenters. The zero-order valence-electron chi connectivity index (χ0n) is 17.6. The molecule has 0 spiro atoms. The summed E-state index contributed by atoms with van der Waals surface area (Å²) in [4.78, 5) is -0.108. The summed E-state index contributed by atoms with van der Waals surface area (Å²) in [7, 11) is -4.27. The Kier molecular flexibility index (Phi) is 6.90. The molecule has 1 N–H and O–H groups in total. The van der Waals surface area contributed by atoms with Crippen LogP contribution in [0.4, 0.5) is 0 Å². The summed E-state index contributed by atoms with van der Waals surface area (Å²) in [5.41, 5.74) is 5.74. The molecule has 0 aliphatic carbocycles. The molecule has 0 amide bonds. The van der Waals surface area contributed by atoms with Crippen LogP contribution in [0.3, 0.4) is 0 Å². The summed E-state index contributed by atoms with van der Waals surface area (Å²) in [6.07, 6.45) is 7.61. The van der Waals surface area contributed by atoms with Gasteiger partial charge in [-0.3, -0.25) is 4.55 Å². The van der Waals surface area contributed by atoms with Crippen molar-refractivity contribution in [3.05, 3.63) is 124 Å². The fourth-order valence-corrected chi connectivity index (χ4v) is 4.19. The fraction of sp³-hybridized carbons (Fsp3) is 0. The Labute approximate surface area is 199 Å². The van der Waals surface area contributed by atoms with Crippen LogP contribution in [-0.2, 0) is 10.1 Å². The van der Waals surface area contributed by atoms with E-state index in [1.807, 2.05) is 60.7 Å². The van der Waals surface area contributed by atoms with Gasteiger partial charge in [0.1, 0.15) is 4.90 Å². The number of halogens is 1. The van der Waals surface area contributed by atoms with Crippen LogP contribution in [0.15, 0.2) is 102 Å². The molecular formula is C28H21ClO3S. The summed E-state index contributed by atoms with van der Waals surface area (Å²) in [6.45, 7) is 0. The Morgan fingerprint density at radius 1 is 0.576 bits per heavy atom. The lowest BCUT2D eigenvalue weighted by Gasteiger charge is -2.04. The van der Waals surface area contributed by atoms with E-state index in [9.17, 15) is 13.0 Å². The van der Waals surface area contributed by atoms with Crippen LogP contribution in [0.5, 0.6) is 0 Å². The Morgan fingerprint density at radius 3 is 1.48 bits per heavy atom. The smallest absolute Gasteiger partial charge is 0.282 e. The van der Waals surface area contributed by atoms with Gasteiger partial charge in [0.25, 0.3) is 10.1 Å². The summed E-state index contributed by atoms with van der Waals surface area (Å²) in [5.74, 6) is 0. The molecule has 0 fully saturated rings. The van der Waals surface area contributed by atoms with E-state index in [0.717, 1.165) is 32.8 Å². The molecule has 0 saturated carbocycles. The van der Waals surface area contributed by atoms with Crippen LogP contribution >= 0.6 is 11.6 Å². The molecule has 4 rings (SSSR count). The zero-order chi connectivity index (χ0) is 23.3. The van der Waals surface area contributed by atoms with Gasteiger partial charge in [0.05, 0.1) is 0 Å². The molecule has 0 bridgehead atoms. The Balaban J connectivity index is 1.46. The van der Waals surface area contributed by atoms with Gasteiger partial charge in [-0.25, -0.2) is 0 Å². The first-order valence-corrected chi connectivity index (χ1v) is 12.1.